The minimum atomic E-state index is -0.304. The van der Waals surface area contributed by atoms with Crippen LogP contribution in [0.1, 0.15) is 26.3 Å². The maximum absolute atomic E-state index is 11.9. The molecule has 1 fully saturated rings. The SMILES string of the molecule is CC(C)(C)c1ccccc1N1C(=O)OCC1CN. The van der Waals surface area contributed by atoms with Gasteiger partial charge in [0.2, 0.25) is 0 Å². The molecule has 0 bridgehead atoms. The highest BCUT2D eigenvalue weighted by Crippen LogP contribution is 2.34. The smallest absolute Gasteiger partial charge is 0.414 e. The van der Waals surface area contributed by atoms with Crippen molar-refractivity contribution >= 4 is 11.8 Å². The minimum Gasteiger partial charge on any atom is -0.447 e. The fourth-order valence-corrected chi connectivity index (χ4v) is 2.25. The maximum Gasteiger partial charge on any atom is 0.414 e. The van der Waals surface area contributed by atoms with E-state index in [1.54, 1.807) is 4.90 Å². The number of anilines is 1. The summed E-state index contributed by atoms with van der Waals surface area (Å²) in [6.45, 7) is 7.16. The lowest BCUT2D eigenvalue weighted by atomic mass is 9.85. The lowest BCUT2D eigenvalue weighted by Gasteiger charge is -2.28. The van der Waals surface area contributed by atoms with Crippen LogP contribution in [-0.4, -0.2) is 25.3 Å². The Hall–Kier alpha value is -1.55. The van der Waals surface area contributed by atoms with E-state index in [-0.39, 0.29) is 17.6 Å². The molecule has 1 atom stereocenters. The molecule has 0 saturated carbocycles. The molecule has 98 valence electrons. The molecule has 1 aliphatic rings. The van der Waals surface area contributed by atoms with Crippen LogP contribution in [0.25, 0.3) is 0 Å². The summed E-state index contributed by atoms with van der Waals surface area (Å²) >= 11 is 0. The Morgan fingerprint density at radius 3 is 2.67 bits per heavy atom. The third kappa shape index (κ3) is 2.20. The van der Waals surface area contributed by atoms with Crippen molar-refractivity contribution in [3.8, 4) is 0 Å². The molecule has 0 aromatic heterocycles. The summed E-state index contributed by atoms with van der Waals surface area (Å²) in [7, 11) is 0. The van der Waals surface area contributed by atoms with E-state index < -0.39 is 0 Å². The number of hydrogen-bond acceptors (Lipinski definition) is 3. The van der Waals surface area contributed by atoms with Crippen molar-refractivity contribution in [3.05, 3.63) is 29.8 Å². The molecular formula is C14H20N2O2. The highest BCUT2D eigenvalue weighted by Gasteiger charge is 2.35. The van der Waals surface area contributed by atoms with Crippen LogP contribution in [0.4, 0.5) is 10.5 Å². The Kier molecular flexibility index (Phi) is 3.30. The molecule has 18 heavy (non-hydrogen) atoms. The summed E-state index contributed by atoms with van der Waals surface area (Å²) in [5, 5.41) is 0. The topological polar surface area (TPSA) is 55.6 Å². The Balaban J connectivity index is 2.47. The summed E-state index contributed by atoms with van der Waals surface area (Å²) < 4.78 is 5.10. The van der Waals surface area contributed by atoms with E-state index in [0.29, 0.717) is 13.2 Å². The summed E-state index contributed by atoms with van der Waals surface area (Å²) in [5.74, 6) is 0. The quantitative estimate of drug-likeness (QED) is 0.873. The van der Waals surface area contributed by atoms with Gasteiger partial charge in [0.05, 0.1) is 11.7 Å². The predicted molar refractivity (Wildman–Crippen MR) is 71.8 cm³/mol. The lowest BCUT2D eigenvalue weighted by molar-refractivity contribution is 0.179. The van der Waals surface area contributed by atoms with Gasteiger partial charge in [-0.2, -0.15) is 0 Å². The second-order valence-corrected chi connectivity index (χ2v) is 5.60. The summed E-state index contributed by atoms with van der Waals surface area (Å²) in [4.78, 5) is 13.6. The molecule has 0 radical (unpaired) electrons. The Morgan fingerprint density at radius 2 is 2.06 bits per heavy atom. The van der Waals surface area contributed by atoms with Gasteiger partial charge >= 0.3 is 6.09 Å². The molecule has 1 unspecified atom stereocenters. The number of nitrogens with zero attached hydrogens (tertiary/aromatic N) is 1. The molecule has 4 heteroatoms. The van der Waals surface area contributed by atoms with E-state index in [1.807, 2.05) is 18.2 Å². The monoisotopic (exact) mass is 248 g/mol. The third-order valence-corrected chi connectivity index (χ3v) is 3.20. The normalized spacial score (nSPS) is 20.1. The first-order valence-corrected chi connectivity index (χ1v) is 6.20. The number of carbonyl (C=O) groups is 1. The van der Waals surface area contributed by atoms with Gasteiger partial charge in [-0.25, -0.2) is 4.79 Å². The number of nitrogens with two attached hydrogens (primary N) is 1. The first-order chi connectivity index (χ1) is 8.45. The van der Waals surface area contributed by atoms with Crippen LogP contribution < -0.4 is 10.6 Å². The van der Waals surface area contributed by atoms with Crippen LogP contribution in [0.5, 0.6) is 0 Å². The van der Waals surface area contributed by atoms with Crippen molar-refractivity contribution in [2.75, 3.05) is 18.1 Å². The van der Waals surface area contributed by atoms with Gasteiger partial charge in [0.1, 0.15) is 6.61 Å². The van der Waals surface area contributed by atoms with Crippen molar-refractivity contribution in [2.45, 2.75) is 32.2 Å². The zero-order valence-corrected chi connectivity index (χ0v) is 11.1. The fraction of sp³-hybridized carbons (Fsp3) is 0.500. The van der Waals surface area contributed by atoms with Crippen LogP contribution >= 0.6 is 0 Å². The van der Waals surface area contributed by atoms with E-state index in [0.717, 1.165) is 11.3 Å². The summed E-state index contributed by atoms with van der Waals surface area (Å²) in [6.07, 6.45) is -0.304. The maximum atomic E-state index is 11.9. The molecule has 1 aromatic carbocycles. The molecule has 4 nitrogen and oxygen atoms in total. The second kappa shape index (κ2) is 4.61. The average Bonchev–Trinajstić information content (AvgIpc) is 2.69. The Labute approximate surface area is 108 Å². The number of amides is 1. The van der Waals surface area contributed by atoms with Gasteiger partial charge in [-0.1, -0.05) is 39.0 Å². The van der Waals surface area contributed by atoms with Gasteiger partial charge in [-0.15, -0.1) is 0 Å². The number of rotatable bonds is 2. The van der Waals surface area contributed by atoms with Gasteiger partial charge in [-0.05, 0) is 17.0 Å². The Bertz CT molecular complexity index is 451. The van der Waals surface area contributed by atoms with Gasteiger partial charge < -0.3 is 10.5 Å². The van der Waals surface area contributed by atoms with Gasteiger partial charge in [0.15, 0.2) is 0 Å². The fourth-order valence-electron chi connectivity index (χ4n) is 2.25. The van der Waals surface area contributed by atoms with E-state index in [9.17, 15) is 4.79 Å². The first kappa shape index (κ1) is 12.9. The van der Waals surface area contributed by atoms with Gasteiger partial charge in [0, 0.05) is 6.54 Å². The standard InChI is InChI=1S/C14H20N2O2/c1-14(2,3)11-6-4-5-7-12(11)16-10(8-15)9-18-13(16)17/h4-7,10H,8-9,15H2,1-3H3. The number of carbonyl (C=O) groups excluding carboxylic acids is 1. The Morgan fingerprint density at radius 1 is 1.39 bits per heavy atom. The van der Waals surface area contributed by atoms with Crippen LogP contribution in [0.3, 0.4) is 0 Å². The number of benzene rings is 1. The van der Waals surface area contributed by atoms with Crippen LogP contribution in [-0.2, 0) is 10.2 Å². The van der Waals surface area contributed by atoms with Crippen molar-refractivity contribution in [3.63, 3.8) is 0 Å². The molecular weight excluding hydrogens is 228 g/mol. The van der Waals surface area contributed by atoms with E-state index in [2.05, 4.69) is 26.8 Å². The molecule has 1 aliphatic heterocycles. The van der Waals surface area contributed by atoms with Crippen molar-refractivity contribution in [2.24, 2.45) is 5.73 Å². The lowest BCUT2D eigenvalue weighted by Crippen LogP contribution is -2.40. The summed E-state index contributed by atoms with van der Waals surface area (Å²) in [5.41, 5.74) is 7.71. The molecule has 1 heterocycles. The minimum absolute atomic E-state index is 0.0292. The molecule has 1 aromatic rings. The highest BCUT2D eigenvalue weighted by atomic mass is 16.6. The van der Waals surface area contributed by atoms with Crippen LogP contribution in [0, 0.1) is 0 Å². The number of para-hydroxylation sites is 1. The molecule has 1 amide bonds. The molecule has 0 spiro atoms. The van der Waals surface area contributed by atoms with Crippen molar-refractivity contribution < 1.29 is 9.53 Å². The highest BCUT2D eigenvalue weighted by molar-refractivity contribution is 5.91. The number of ether oxygens (including phenoxy) is 1. The average molecular weight is 248 g/mol. The zero-order valence-electron chi connectivity index (χ0n) is 11.1. The molecule has 0 aliphatic carbocycles. The van der Waals surface area contributed by atoms with E-state index >= 15 is 0 Å². The molecule has 1 saturated heterocycles. The van der Waals surface area contributed by atoms with E-state index in [1.165, 1.54) is 0 Å². The number of hydrogen-bond donors (Lipinski definition) is 1. The van der Waals surface area contributed by atoms with Crippen molar-refractivity contribution in [1.82, 2.24) is 0 Å². The molecule has 2 N–H and O–H groups in total. The first-order valence-electron chi connectivity index (χ1n) is 6.20. The van der Waals surface area contributed by atoms with Gasteiger partial charge in [-0.3, -0.25) is 4.90 Å². The summed E-state index contributed by atoms with van der Waals surface area (Å²) in [6, 6.07) is 7.86. The second-order valence-electron chi connectivity index (χ2n) is 5.60. The van der Waals surface area contributed by atoms with E-state index in [4.69, 9.17) is 10.5 Å². The zero-order chi connectivity index (χ0) is 13.3. The third-order valence-electron chi connectivity index (χ3n) is 3.20. The largest absolute Gasteiger partial charge is 0.447 e. The van der Waals surface area contributed by atoms with Crippen molar-refractivity contribution in [1.29, 1.82) is 0 Å². The van der Waals surface area contributed by atoms with Crippen LogP contribution in [0.15, 0.2) is 24.3 Å². The predicted octanol–water partition coefficient (Wildman–Crippen LogP) is 2.27. The van der Waals surface area contributed by atoms with Gasteiger partial charge in [0.25, 0.3) is 0 Å². The molecule has 2 rings (SSSR count). The number of cyclic esters (lactones) is 1. The van der Waals surface area contributed by atoms with Crippen LogP contribution in [0.2, 0.25) is 0 Å².